The van der Waals surface area contributed by atoms with Gasteiger partial charge in [0.15, 0.2) is 0 Å². The summed E-state index contributed by atoms with van der Waals surface area (Å²) in [5.41, 5.74) is 1.96. The van der Waals surface area contributed by atoms with Crippen LogP contribution in [-0.4, -0.2) is 29.1 Å². The van der Waals surface area contributed by atoms with Crippen molar-refractivity contribution < 1.29 is 9.59 Å². The smallest absolute Gasteiger partial charge is 0.312 e. The van der Waals surface area contributed by atoms with Crippen molar-refractivity contribution >= 4 is 23.4 Å². The lowest BCUT2D eigenvalue weighted by atomic mass is 10.1. The molecule has 1 N–H and O–H groups in total. The van der Waals surface area contributed by atoms with Gasteiger partial charge in [-0.3, -0.25) is 9.59 Å². The molecule has 0 atom stereocenters. The molecule has 5 heteroatoms. The second kappa shape index (κ2) is 9.73. The molecule has 0 aromatic heterocycles. The van der Waals surface area contributed by atoms with E-state index in [9.17, 15) is 9.59 Å². The van der Waals surface area contributed by atoms with Gasteiger partial charge in [0, 0.05) is 25.5 Å². The van der Waals surface area contributed by atoms with Crippen molar-refractivity contribution in [1.29, 1.82) is 0 Å². The van der Waals surface area contributed by atoms with Crippen LogP contribution in [0.15, 0.2) is 60.7 Å². The summed E-state index contributed by atoms with van der Waals surface area (Å²) in [7, 11) is 0. The topological polar surface area (TPSA) is 49.4 Å². The monoisotopic (exact) mass is 344 g/mol. The third-order valence-electron chi connectivity index (χ3n) is 3.51. The predicted molar refractivity (Wildman–Crippen MR) is 95.5 cm³/mol. The Morgan fingerprint density at radius 2 is 1.38 bits per heavy atom. The number of amides is 2. The Kier molecular flexibility index (Phi) is 7.30. The Hall–Kier alpha value is -2.33. The van der Waals surface area contributed by atoms with E-state index < -0.39 is 11.8 Å². The quantitative estimate of drug-likeness (QED) is 0.477. The summed E-state index contributed by atoms with van der Waals surface area (Å²) in [4.78, 5) is 26.2. The molecule has 0 fully saturated rings. The minimum atomic E-state index is -0.591. The van der Waals surface area contributed by atoms with Crippen LogP contribution in [0, 0.1) is 0 Å². The van der Waals surface area contributed by atoms with E-state index in [0.29, 0.717) is 31.9 Å². The zero-order valence-electron chi connectivity index (χ0n) is 13.5. The fraction of sp³-hybridized carbons (Fsp3) is 0.263. The summed E-state index contributed by atoms with van der Waals surface area (Å²) < 4.78 is 0. The molecule has 0 heterocycles. The minimum Gasteiger partial charge on any atom is -0.348 e. The fourth-order valence-corrected chi connectivity index (χ4v) is 2.43. The molecule has 2 amide bonds. The highest BCUT2D eigenvalue weighted by molar-refractivity contribution is 6.34. The van der Waals surface area contributed by atoms with Crippen molar-refractivity contribution in [2.45, 2.75) is 19.5 Å². The van der Waals surface area contributed by atoms with Crippen molar-refractivity contribution in [3.63, 3.8) is 0 Å². The van der Waals surface area contributed by atoms with Crippen LogP contribution in [0.4, 0.5) is 0 Å². The number of benzene rings is 2. The lowest BCUT2D eigenvalue weighted by Gasteiger charge is -2.22. The first-order valence-electron chi connectivity index (χ1n) is 7.91. The average molecular weight is 345 g/mol. The van der Waals surface area contributed by atoms with E-state index >= 15 is 0 Å². The third-order valence-corrected chi connectivity index (χ3v) is 3.78. The molecular formula is C19H21ClN2O2. The average Bonchev–Trinajstić information content (AvgIpc) is 2.62. The van der Waals surface area contributed by atoms with E-state index in [0.717, 1.165) is 11.1 Å². The van der Waals surface area contributed by atoms with Gasteiger partial charge in [0.25, 0.3) is 0 Å². The number of carbonyl (C=O) groups excluding carboxylic acids is 2. The van der Waals surface area contributed by atoms with Gasteiger partial charge in [-0.15, -0.1) is 11.6 Å². The van der Waals surface area contributed by atoms with E-state index in [4.69, 9.17) is 11.6 Å². The SMILES string of the molecule is O=C(NCCCCl)C(=O)N(Cc1ccccc1)Cc1ccccc1. The van der Waals surface area contributed by atoms with Crippen molar-refractivity contribution in [2.24, 2.45) is 0 Å². The van der Waals surface area contributed by atoms with Gasteiger partial charge in [0.2, 0.25) is 0 Å². The first-order chi connectivity index (χ1) is 11.7. The molecule has 0 saturated carbocycles. The predicted octanol–water partition coefficient (Wildman–Crippen LogP) is 2.96. The highest BCUT2D eigenvalue weighted by Crippen LogP contribution is 2.10. The van der Waals surface area contributed by atoms with Gasteiger partial charge in [0.1, 0.15) is 0 Å². The molecule has 2 rings (SSSR count). The van der Waals surface area contributed by atoms with Gasteiger partial charge in [-0.2, -0.15) is 0 Å². The molecule has 0 spiro atoms. The second-order valence-electron chi connectivity index (χ2n) is 5.43. The first kappa shape index (κ1) is 18.0. The molecule has 0 bridgehead atoms. The van der Waals surface area contributed by atoms with Gasteiger partial charge in [-0.05, 0) is 17.5 Å². The molecule has 0 aliphatic rings. The standard InChI is InChI=1S/C19H21ClN2O2/c20-12-7-13-21-18(23)19(24)22(14-16-8-3-1-4-9-16)15-17-10-5-2-6-11-17/h1-6,8-11H,7,12-15H2,(H,21,23). The van der Waals surface area contributed by atoms with Crippen molar-refractivity contribution in [3.8, 4) is 0 Å². The second-order valence-corrected chi connectivity index (χ2v) is 5.81. The summed E-state index contributed by atoms with van der Waals surface area (Å²) in [6.45, 7) is 1.17. The maximum absolute atomic E-state index is 12.5. The summed E-state index contributed by atoms with van der Waals surface area (Å²) in [5.74, 6) is -0.670. The van der Waals surface area contributed by atoms with E-state index in [2.05, 4.69) is 5.32 Å². The van der Waals surface area contributed by atoms with Gasteiger partial charge >= 0.3 is 11.8 Å². The molecule has 2 aromatic carbocycles. The zero-order valence-corrected chi connectivity index (χ0v) is 14.2. The van der Waals surface area contributed by atoms with Crippen LogP contribution in [0.1, 0.15) is 17.5 Å². The van der Waals surface area contributed by atoms with Crippen LogP contribution >= 0.6 is 11.6 Å². The number of nitrogens with zero attached hydrogens (tertiary/aromatic N) is 1. The molecule has 126 valence electrons. The molecular weight excluding hydrogens is 324 g/mol. The number of hydrogen-bond acceptors (Lipinski definition) is 2. The molecule has 24 heavy (non-hydrogen) atoms. The van der Waals surface area contributed by atoms with Gasteiger partial charge in [-0.25, -0.2) is 0 Å². The van der Waals surface area contributed by atoms with Crippen LogP contribution in [0.25, 0.3) is 0 Å². The summed E-state index contributed by atoms with van der Waals surface area (Å²) in [6, 6.07) is 19.3. The minimum absolute atomic E-state index is 0.386. The Morgan fingerprint density at radius 3 is 1.83 bits per heavy atom. The van der Waals surface area contributed by atoms with E-state index in [1.807, 2.05) is 60.7 Å². The number of alkyl halides is 1. The third kappa shape index (κ3) is 5.70. The molecule has 0 aliphatic carbocycles. The Bertz CT molecular complexity index is 605. The maximum atomic E-state index is 12.5. The molecule has 0 radical (unpaired) electrons. The van der Waals surface area contributed by atoms with Gasteiger partial charge in [0.05, 0.1) is 0 Å². The van der Waals surface area contributed by atoms with Crippen molar-refractivity contribution in [3.05, 3.63) is 71.8 Å². The first-order valence-corrected chi connectivity index (χ1v) is 8.45. The molecule has 0 unspecified atom stereocenters. The van der Waals surface area contributed by atoms with E-state index in [1.54, 1.807) is 4.90 Å². The van der Waals surface area contributed by atoms with Crippen molar-refractivity contribution in [2.75, 3.05) is 12.4 Å². The number of nitrogens with one attached hydrogen (secondary N) is 1. The molecule has 2 aromatic rings. The Balaban J connectivity index is 2.09. The summed E-state index contributed by atoms with van der Waals surface area (Å²) in [6.07, 6.45) is 0.637. The molecule has 4 nitrogen and oxygen atoms in total. The normalized spacial score (nSPS) is 10.2. The lowest BCUT2D eigenvalue weighted by molar-refractivity contribution is -0.146. The van der Waals surface area contributed by atoms with Gasteiger partial charge < -0.3 is 10.2 Å². The summed E-state index contributed by atoms with van der Waals surface area (Å²) in [5, 5.41) is 2.62. The fourth-order valence-electron chi connectivity index (χ4n) is 2.30. The number of rotatable bonds is 7. The lowest BCUT2D eigenvalue weighted by Crippen LogP contribution is -2.42. The van der Waals surface area contributed by atoms with Crippen LogP contribution in [0.3, 0.4) is 0 Å². The van der Waals surface area contributed by atoms with Crippen LogP contribution in [0.2, 0.25) is 0 Å². The number of hydrogen-bond donors (Lipinski definition) is 1. The zero-order chi connectivity index (χ0) is 17.2. The van der Waals surface area contributed by atoms with Gasteiger partial charge in [-0.1, -0.05) is 60.7 Å². The van der Waals surface area contributed by atoms with Crippen LogP contribution in [-0.2, 0) is 22.7 Å². The highest BCUT2D eigenvalue weighted by atomic mass is 35.5. The van der Waals surface area contributed by atoms with Crippen molar-refractivity contribution in [1.82, 2.24) is 10.2 Å². The largest absolute Gasteiger partial charge is 0.348 e. The van der Waals surface area contributed by atoms with E-state index in [-0.39, 0.29) is 0 Å². The molecule has 0 saturated heterocycles. The summed E-state index contributed by atoms with van der Waals surface area (Å²) >= 11 is 5.60. The Labute approximate surface area is 147 Å². The Morgan fingerprint density at radius 1 is 0.875 bits per heavy atom. The number of halogens is 1. The van der Waals surface area contributed by atoms with E-state index in [1.165, 1.54) is 0 Å². The van der Waals surface area contributed by atoms with Crippen LogP contribution in [0.5, 0.6) is 0 Å². The maximum Gasteiger partial charge on any atom is 0.312 e. The highest BCUT2D eigenvalue weighted by Gasteiger charge is 2.21. The molecule has 0 aliphatic heterocycles. The number of carbonyl (C=O) groups is 2. The van der Waals surface area contributed by atoms with Crippen LogP contribution < -0.4 is 5.32 Å².